The Morgan fingerprint density at radius 3 is 2.79 bits per heavy atom. The second-order valence-corrected chi connectivity index (χ2v) is 4.22. The topological polar surface area (TPSA) is 55.9 Å². The Morgan fingerprint density at radius 2 is 2.00 bits per heavy atom. The van der Waals surface area contributed by atoms with E-state index in [1.54, 1.807) is 6.26 Å². The molecular weight excluding hydrogens is 240 g/mol. The molecule has 0 amide bonds. The average Bonchev–Trinajstić information content (AvgIpc) is 3.11. The van der Waals surface area contributed by atoms with E-state index in [1.165, 1.54) is 0 Å². The molecule has 0 fully saturated rings. The van der Waals surface area contributed by atoms with Crippen molar-refractivity contribution < 1.29 is 4.52 Å². The van der Waals surface area contributed by atoms with E-state index < -0.39 is 0 Å². The van der Waals surface area contributed by atoms with E-state index in [0.717, 1.165) is 23.5 Å². The summed E-state index contributed by atoms with van der Waals surface area (Å²) in [5.74, 6) is 0. The Balaban J connectivity index is 1.59. The van der Waals surface area contributed by atoms with Gasteiger partial charge in [0.05, 0.1) is 17.6 Å². The molecular formula is C14H14N4O. The molecule has 5 nitrogen and oxygen atoms in total. The smallest absolute Gasteiger partial charge is 0.124 e. The SMILES string of the molecule is c1ccc(-n2cc(CNCc3ccon3)cn2)cc1. The van der Waals surface area contributed by atoms with E-state index in [2.05, 4.69) is 15.6 Å². The lowest BCUT2D eigenvalue weighted by molar-refractivity contribution is 0.408. The molecule has 0 saturated heterocycles. The molecule has 2 heterocycles. The summed E-state index contributed by atoms with van der Waals surface area (Å²) in [5.41, 5.74) is 3.09. The van der Waals surface area contributed by atoms with Gasteiger partial charge in [-0.1, -0.05) is 23.4 Å². The number of nitrogens with one attached hydrogen (secondary N) is 1. The van der Waals surface area contributed by atoms with Gasteiger partial charge in [0.25, 0.3) is 0 Å². The monoisotopic (exact) mass is 254 g/mol. The van der Waals surface area contributed by atoms with Gasteiger partial charge in [0, 0.05) is 30.9 Å². The molecule has 0 aliphatic heterocycles. The van der Waals surface area contributed by atoms with Crippen LogP contribution in [0, 0.1) is 0 Å². The third kappa shape index (κ3) is 2.89. The molecule has 96 valence electrons. The van der Waals surface area contributed by atoms with Crippen molar-refractivity contribution in [1.29, 1.82) is 0 Å². The van der Waals surface area contributed by atoms with Crippen LogP contribution in [0.3, 0.4) is 0 Å². The Kier molecular flexibility index (Phi) is 3.38. The van der Waals surface area contributed by atoms with Gasteiger partial charge in [-0.15, -0.1) is 0 Å². The Labute approximate surface area is 110 Å². The van der Waals surface area contributed by atoms with E-state index >= 15 is 0 Å². The summed E-state index contributed by atoms with van der Waals surface area (Å²) in [6.07, 6.45) is 5.46. The predicted molar refractivity (Wildman–Crippen MR) is 70.6 cm³/mol. The van der Waals surface area contributed by atoms with Crippen LogP contribution < -0.4 is 5.32 Å². The van der Waals surface area contributed by atoms with Crippen molar-refractivity contribution in [1.82, 2.24) is 20.3 Å². The molecule has 3 rings (SSSR count). The van der Waals surface area contributed by atoms with Crippen molar-refractivity contribution in [3.8, 4) is 5.69 Å². The van der Waals surface area contributed by atoms with Crippen LogP contribution in [0.2, 0.25) is 0 Å². The van der Waals surface area contributed by atoms with Gasteiger partial charge in [-0.25, -0.2) is 4.68 Å². The average molecular weight is 254 g/mol. The van der Waals surface area contributed by atoms with Crippen LogP contribution in [0.25, 0.3) is 5.69 Å². The lowest BCUT2D eigenvalue weighted by Gasteiger charge is -2.00. The van der Waals surface area contributed by atoms with Crippen LogP contribution in [0.4, 0.5) is 0 Å². The minimum atomic E-state index is 0.688. The van der Waals surface area contributed by atoms with E-state index in [9.17, 15) is 0 Å². The molecule has 0 saturated carbocycles. The molecule has 0 aliphatic rings. The number of benzene rings is 1. The second-order valence-electron chi connectivity index (χ2n) is 4.22. The molecule has 0 bridgehead atoms. The highest BCUT2D eigenvalue weighted by Gasteiger charge is 2.01. The second kappa shape index (κ2) is 5.49. The molecule has 2 aromatic heterocycles. The number of hydrogen-bond acceptors (Lipinski definition) is 4. The maximum Gasteiger partial charge on any atom is 0.124 e. The summed E-state index contributed by atoms with van der Waals surface area (Å²) in [7, 11) is 0. The first kappa shape index (κ1) is 11.7. The fraction of sp³-hybridized carbons (Fsp3) is 0.143. The van der Waals surface area contributed by atoms with Gasteiger partial charge in [0.1, 0.15) is 6.26 Å². The molecule has 3 aromatic rings. The maximum absolute atomic E-state index is 4.77. The molecule has 5 heteroatoms. The van der Waals surface area contributed by atoms with Crippen molar-refractivity contribution >= 4 is 0 Å². The molecule has 1 aromatic carbocycles. The van der Waals surface area contributed by atoms with Gasteiger partial charge in [-0.2, -0.15) is 5.10 Å². The number of aromatic nitrogens is 3. The Hall–Kier alpha value is -2.40. The van der Waals surface area contributed by atoms with Gasteiger partial charge in [-0.05, 0) is 12.1 Å². The molecule has 19 heavy (non-hydrogen) atoms. The highest BCUT2D eigenvalue weighted by atomic mass is 16.5. The van der Waals surface area contributed by atoms with Crippen LogP contribution in [-0.4, -0.2) is 14.9 Å². The molecule has 0 spiro atoms. The van der Waals surface area contributed by atoms with Crippen LogP contribution in [0.15, 0.2) is 59.6 Å². The Morgan fingerprint density at radius 1 is 1.11 bits per heavy atom. The number of para-hydroxylation sites is 1. The third-order valence-corrected chi connectivity index (χ3v) is 2.78. The molecule has 0 radical (unpaired) electrons. The first-order valence-electron chi connectivity index (χ1n) is 6.11. The summed E-state index contributed by atoms with van der Waals surface area (Å²) in [6, 6.07) is 11.9. The summed E-state index contributed by atoms with van der Waals surface area (Å²) in [4.78, 5) is 0. The fourth-order valence-corrected chi connectivity index (χ4v) is 1.84. The zero-order valence-corrected chi connectivity index (χ0v) is 10.4. The summed E-state index contributed by atoms with van der Waals surface area (Å²) < 4.78 is 6.64. The van der Waals surface area contributed by atoms with Crippen molar-refractivity contribution in [3.05, 3.63) is 66.3 Å². The highest BCUT2D eigenvalue weighted by Crippen LogP contribution is 2.07. The first-order valence-corrected chi connectivity index (χ1v) is 6.11. The first-order chi connectivity index (χ1) is 9.42. The number of hydrogen-bond donors (Lipinski definition) is 1. The zero-order chi connectivity index (χ0) is 12.9. The summed E-state index contributed by atoms with van der Waals surface area (Å²) in [5, 5.41) is 11.5. The van der Waals surface area contributed by atoms with Crippen LogP contribution >= 0.6 is 0 Å². The minimum absolute atomic E-state index is 0.688. The van der Waals surface area contributed by atoms with Crippen molar-refractivity contribution in [2.75, 3.05) is 0 Å². The minimum Gasteiger partial charge on any atom is -0.364 e. The summed E-state index contributed by atoms with van der Waals surface area (Å²) >= 11 is 0. The molecule has 0 atom stereocenters. The van der Waals surface area contributed by atoms with Crippen LogP contribution in [0.1, 0.15) is 11.3 Å². The van der Waals surface area contributed by atoms with E-state index in [-0.39, 0.29) is 0 Å². The highest BCUT2D eigenvalue weighted by molar-refractivity contribution is 5.30. The third-order valence-electron chi connectivity index (χ3n) is 2.78. The normalized spacial score (nSPS) is 10.7. The fourth-order valence-electron chi connectivity index (χ4n) is 1.84. The Bertz CT molecular complexity index is 616. The molecule has 0 aliphatic carbocycles. The van der Waals surface area contributed by atoms with Crippen molar-refractivity contribution in [2.24, 2.45) is 0 Å². The van der Waals surface area contributed by atoms with Crippen LogP contribution in [0.5, 0.6) is 0 Å². The quantitative estimate of drug-likeness (QED) is 0.758. The van der Waals surface area contributed by atoms with Gasteiger partial charge >= 0.3 is 0 Å². The standard InChI is InChI=1S/C14H14N4O/c1-2-4-14(5-3-1)18-11-12(9-16-18)8-15-10-13-6-7-19-17-13/h1-7,9,11,15H,8,10H2. The van der Waals surface area contributed by atoms with Crippen molar-refractivity contribution in [3.63, 3.8) is 0 Å². The summed E-state index contributed by atoms with van der Waals surface area (Å²) in [6.45, 7) is 1.44. The lowest BCUT2D eigenvalue weighted by Crippen LogP contribution is -2.12. The van der Waals surface area contributed by atoms with Gasteiger partial charge in [0.15, 0.2) is 0 Å². The van der Waals surface area contributed by atoms with Gasteiger partial charge in [-0.3, -0.25) is 0 Å². The predicted octanol–water partition coefficient (Wildman–Crippen LogP) is 2.15. The van der Waals surface area contributed by atoms with Gasteiger partial charge < -0.3 is 9.84 Å². The van der Waals surface area contributed by atoms with E-state index in [1.807, 2.05) is 53.5 Å². The lowest BCUT2D eigenvalue weighted by atomic mass is 10.3. The number of rotatable bonds is 5. The maximum atomic E-state index is 4.77. The molecule has 1 N–H and O–H groups in total. The van der Waals surface area contributed by atoms with E-state index in [4.69, 9.17) is 4.52 Å². The van der Waals surface area contributed by atoms with Gasteiger partial charge in [0.2, 0.25) is 0 Å². The largest absolute Gasteiger partial charge is 0.364 e. The zero-order valence-electron chi connectivity index (χ0n) is 10.4. The van der Waals surface area contributed by atoms with E-state index in [0.29, 0.717) is 6.54 Å². The van der Waals surface area contributed by atoms with Crippen molar-refractivity contribution in [2.45, 2.75) is 13.1 Å². The molecule has 0 unspecified atom stereocenters. The van der Waals surface area contributed by atoms with Crippen LogP contribution in [-0.2, 0) is 13.1 Å². The number of nitrogens with zero attached hydrogens (tertiary/aromatic N) is 3.